The molecule has 0 bridgehead atoms. The number of hydrogen-bond acceptors (Lipinski definition) is 4. The summed E-state index contributed by atoms with van der Waals surface area (Å²) in [4.78, 5) is 3.89. The maximum atomic E-state index is 12.1. The second-order valence-corrected chi connectivity index (χ2v) is 7.22. The zero-order valence-electron chi connectivity index (χ0n) is 11.9. The van der Waals surface area contributed by atoms with Crippen LogP contribution < -0.4 is 4.72 Å². The third-order valence-electron chi connectivity index (χ3n) is 3.88. The van der Waals surface area contributed by atoms with Crippen LogP contribution in [0.4, 0.5) is 0 Å². The van der Waals surface area contributed by atoms with Gasteiger partial charge in [0.1, 0.15) is 0 Å². The number of aromatic nitrogens is 2. The molecule has 1 aliphatic rings. The highest BCUT2D eigenvalue weighted by Crippen LogP contribution is 2.26. The molecule has 1 saturated carbocycles. The molecule has 1 aliphatic carbocycles. The van der Waals surface area contributed by atoms with E-state index in [0.717, 1.165) is 25.7 Å². The highest BCUT2D eigenvalue weighted by Gasteiger charge is 2.30. The molecule has 0 aromatic carbocycles. The quantitative estimate of drug-likeness (QED) is 0.802. The Morgan fingerprint density at radius 2 is 2.00 bits per heavy atom. The second kappa shape index (κ2) is 6.24. The van der Waals surface area contributed by atoms with Crippen molar-refractivity contribution in [1.29, 1.82) is 0 Å². The van der Waals surface area contributed by atoms with Gasteiger partial charge in [0.2, 0.25) is 0 Å². The van der Waals surface area contributed by atoms with Crippen LogP contribution in [0.25, 0.3) is 0 Å². The Balaban J connectivity index is 2.01. The summed E-state index contributed by atoms with van der Waals surface area (Å²) in [6.45, 7) is 2.65. The maximum Gasteiger partial charge on any atom is 0.259 e. The Morgan fingerprint density at radius 3 is 2.55 bits per heavy atom. The number of imidazole rings is 1. The number of rotatable bonds is 5. The lowest BCUT2D eigenvalue weighted by Crippen LogP contribution is -2.42. The van der Waals surface area contributed by atoms with Crippen LogP contribution in [0.3, 0.4) is 0 Å². The summed E-state index contributed by atoms with van der Waals surface area (Å²) >= 11 is 0. The Kier molecular flexibility index (Phi) is 4.82. The van der Waals surface area contributed by atoms with E-state index in [4.69, 9.17) is 0 Å². The van der Waals surface area contributed by atoms with E-state index in [0.29, 0.717) is 19.4 Å². The van der Waals surface area contributed by atoms with Crippen LogP contribution in [0.2, 0.25) is 0 Å². The monoisotopic (exact) mass is 301 g/mol. The number of hydrogen-bond donors (Lipinski definition) is 2. The topological polar surface area (TPSA) is 84.2 Å². The number of nitrogens with zero attached hydrogens (tertiary/aromatic N) is 2. The summed E-state index contributed by atoms with van der Waals surface area (Å²) in [5.74, 6) is 0. The van der Waals surface area contributed by atoms with Gasteiger partial charge in [-0.05, 0) is 19.8 Å². The Hall–Kier alpha value is -0.920. The van der Waals surface area contributed by atoms with Crippen LogP contribution >= 0.6 is 0 Å². The smallest absolute Gasteiger partial charge is 0.259 e. The molecule has 114 valence electrons. The fourth-order valence-electron chi connectivity index (χ4n) is 2.52. The minimum atomic E-state index is -3.64. The first-order valence-electron chi connectivity index (χ1n) is 7.19. The van der Waals surface area contributed by atoms with Gasteiger partial charge in [0.15, 0.2) is 5.03 Å². The van der Waals surface area contributed by atoms with Crippen molar-refractivity contribution < 1.29 is 13.5 Å². The predicted molar refractivity (Wildman–Crippen MR) is 75.7 cm³/mol. The normalized spacial score (nSPS) is 19.7. The first-order valence-corrected chi connectivity index (χ1v) is 8.67. The highest BCUT2D eigenvalue weighted by molar-refractivity contribution is 7.89. The summed E-state index contributed by atoms with van der Waals surface area (Å²) < 4.78 is 28.5. The number of nitrogens with one attached hydrogen (secondary N) is 1. The molecule has 0 amide bonds. The molecule has 0 spiro atoms. The van der Waals surface area contributed by atoms with E-state index >= 15 is 0 Å². The van der Waals surface area contributed by atoms with Crippen LogP contribution in [0.5, 0.6) is 0 Å². The molecule has 1 fully saturated rings. The third-order valence-corrected chi connectivity index (χ3v) is 5.16. The van der Waals surface area contributed by atoms with E-state index in [-0.39, 0.29) is 11.6 Å². The number of sulfonamides is 1. The number of aryl methyl sites for hydroxylation is 1. The third kappa shape index (κ3) is 3.80. The van der Waals surface area contributed by atoms with E-state index in [2.05, 4.69) is 9.71 Å². The molecule has 0 aliphatic heterocycles. The first-order chi connectivity index (χ1) is 9.45. The largest absolute Gasteiger partial charge is 0.389 e. The van der Waals surface area contributed by atoms with Gasteiger partial charge < -0.3 is 9.67 Å². The summed E-state index contributed by atoms with van der Waals surface area (Å²) in [6, 6.07) is 0. The van der Waals surface area contributed by atoms with E-state index in [9.17, 15) is 13.5 Å². The van der Waals surface area contributed by atoms with Crippen LogP contribution in [0, 0.1) is 0 Å². The average molecular weight is 301 g/mol. The van der Waals surface area contributed by atoms with Crippen molar-refractivity contribution in [2.75, 3.05) is 6.54 Å². The molecule has 0 unspecified atom stereocenters. The second-order valence-electron chi connectivity index (χ2n) is 5.51. The van der Waals surface area contributed by atoms with Gasteiger partial charge in [-0.2, -0.15) is 0 Å². The Bertz CT molecular complexity index is 531. The molecule has 7 heteroatoms. The summed E-state index contributed by atoms with van der Waals surface area (Å²) in [6.07, 6.45) is 8.41. The molecule has 1 heterocycles. The molecule has 2 rings (SSSR count). The first kappa shape index (κ1) is 15.5. The molecular formula is C13H23N3O3S. The molecule has 1 aromatic rings. The molecule has 0 saturated heterocycles. The van der Waals surface area contributed by atoms with Crippen molar-refractivity contribution in [3.63, 3.8) is 0 Å². The molecular weight excluding hydrogens is 278 g/mol. The van der Waals surface area contributed by atoms with Gasteiger partial charge in [-0.15, -0.1) is 0 Å². The van der Waals surface area contributed by atoms with Crippen molar-refractivity contribution in [2.24, 2.45) is 0 Å². The minimum absolute atomic E-state index is 0.0107. The van der Waals surface area contributed by atoms with E-state index in [1.165, 1.54) is 12.5 Å². The lowest BCUT2D eigenvalue weighted by molar-refractivity contribution is 0.0303. The molecule has 6 nitrogen and oxygen atoms in total. The fraction of sp³-hybridized carbons (Fsp3) is 0.769. The zero-order chi connectivity index (χ0) is 14.6. The molecule has 1 aromatic heterocycles. The lowest BCUT2D eigenvalue weighted by Gasteiger charge is -2.26. The van der Waals surface area contributed by atoms with E-state index in [1.807, 2.05) is 6.92 Å². The van der Waals surface area contributed by atoms with Gasteiger partial charge in [-0.3, -0.25) is 0 Å². The predicted octanol–water partition coefficient (Wildman–Crippen LogP) is 1.27. The van der Waals surface area contributed by atoms with Gasteiger partial charge in [-0.25, -0.2) is 18.1 Å². The Labute approximate surface area is 120 Å². The fourth-order valence-corrected chi connectivity index (χ4v) is 3.58. The summed E-state index contributed by atoms with van der Waals surface area (Å²) in [5, 5.41) is 10.5. The lowest BCUT2D eigenvalue weighted by atomic mass is 9.95. The van der Waals surface area contributed by atoms with Gasteiger partial charge >= 0.3 is 0 Å². The SMILES string of the molecule is CCn1cnc(S(=O)(=O)NCC2(O)CCCCCC2)c1. The van der Waals surface area contributed by atoms with Gasteiger partial charge in [-0.1, -0.05) is 25.7 Å². The number of aliphatic hydroxyl groups is 1. The van der Waals surface area contributed by atoms with Gasteiger partial charge in [0, 0.05) is 19.3 Å². The molecule has 20 heavy (non-hydrogen) atoms. The van der Waals surface area contributed by atoms with Crippen molar-refractivity contribution in [3.05, 3.63) is 12.5 Å². The van der Waals surface area contributed by atoms with Crippen molar-refractivity contribution in [2.45, 2.75) is 62.6 Å². The molecule has 0 radical (unpaired) electrons. The summed E-state index contributed by atoms with van der Waals surface area (Å²) in [5.41, 5.74) is -0.920. The van der Waals surface area contributed by atoms with Crippen molar-refractivity contribution >= 4 is 10.0 Å². The van der Waals surface area contributed by atoms with Gasteiger partial charge in [0.25, 0.3) is 10.0 Å². The van der Waals surface area contributed by atoms with Crippen LogP contribution in [-0.4, -0.2) is 35.2 Å². The molecule has 0 atom stereocenters. The van der Waals surface area contributed by atoms with Crippen molar-refractivity contribution in [1.82, 2.24) is 14.3 Å². The van der Waals surface area contributed by atoms with E-state index < -0.39 is 15.6 Å². The minimum Gasteiger partial charge on any atom is -0.389 e. The van der Waals surface area contributed by atoms with Crippen molar-refractivity contribution in [3.8, 4) is 0 Å². The average Bonchev–Trinajstić information content (AvgIpc) is 2.81. The van der Waals surface area contributed by atoms with Crippen LogP contribution in [-0.2, 0) is 16.6 Å². The van der Waals surface area contributed by atoms with Gasteiger partial charge in [0.05, 0.1) is 11.9 Å². The highest BCUT2D eigenvalue weighted by atomic mass is 32.2. The zero-order valence-corrected chi connectivity index (χ0v) is 12.7. The van der Waals surface area contributed by atoms with Crippen LogP contribution in [0.15, 0.2) is 17.6 Å². The standard InChI is InChI=1S/C13H23N3O3S/c1-2-16-9-12(14-11-16)20(18,19)15-10-13(17)7-5-3-4-6-8-13/h9,11,15,17H,2-8,10H2,1H3. The summed E-state index contributed by atoms with van der Waals surface area (Å²) in [7, 11) is -3.64. The molecule has 2 N–H and O–H groups in total. The Morgan fingerprint density at radius 1 is 1.35 bits per heavy atom. The maximum absolute atomic E-state index is 12.1. The van der Waals surface area contributed by atoms with Crippen LogP contribution in [0.1, 0.15) is 45.4 Å². The van der Waals surface area contributed by atoms with E-state index in [1.54, 1.807) is 4.57 Å².